The van der Waals surface area contributed by atoms with E-state index in [1.165, 1.54) is 17.0 Å². The summed E-state index contributed by atoms with van der Waals surface area (Å²) in [7, 11) is -3.78. The fourth-order valence-electron chi connectivity index (χ4n) is 6.50. The summed E-state index contributed by atoms with van der Waals surface area (Å²) in [5.74, 6) is -1.91. The van der Waals surface area contributed by atoms with Crippen molar-refractivity contribution in [1.82, 2.24) is 25.2 Å². The molecule has 264 valence electrons. The smallest absolute Gasteiger partial charge is 0.266 e. The first-order valence-corrected chi connectivity index (χ1v) is 18.6. The van der Waals surface area contributed by atoms with Crippen LogP contribution in [0.3, 0.4) is 0 Å². The lowest BCUT2D eigenvalue weighted by Crippen LogP contribution is -2.55. The molecule has 14 heteroatoms. The van der Waals surface area contributed by atoms with Crippen molar-refractivity contribution in [1.29, 1.82) is 0 Å². The first-order chi connectivity index (χ1) is 23.5. The Morgan fingerprint density at radius 2 is 1.88 bits per heavy atom. The number of sulfonamides is 1. The Balaban J connectivity index is 1.34. The van der Waals surface area contributed by atoms with E-state index in [2.05, 4.69) is 26.9 Å². The van der Waals surface area contributed by atoms with Crippen molar-refractivity contribution in [2.45, 2.75) is 69.2 Å². The number of halogens is 1. The molecule has 2 aliphatic rings. The number of benzene rings is 2. The van der Waals surface area contributed by atoms with E-state index in [4.69, 9.17) is 9.15 Å². The Morgan fingerprint density at radius 3 is 2.59 bits per heavy atom. The lowest BCUT2D eigenvalue weighted by Gasteiger charge is -2.30. The molecule has 0 aliphatic carbocycles. The number of hydrogen-bond acceptors (Lipinski definition) is 9. The van der Waals surface area contributed by atoms with E-state index >= 15 is 0 Å². The molecule has 2 aliphatic heterocycles. The number of Topliss-reactive ketones (excluding diaryl/α,β-unsaturated/α-hetero) is 1. The van der Waals surface area contributed by atoms with Crippen molar-refractivity contribution in [3.05, 3.63) is 78.5 Å². The number of para-hydroxylation sites is 2. The maximum atomic E-state index is 14.2. The Bertz CT molecular complexity index is 1710. The van der Waals surface area contributed by atoms with Crippen LogP contribution in [0.5, 0.6) is 0 Å². The molecule has 2 saturated heterocycles. The molecular weight excluding hydrogens is 653 g/mol. The molecule has 0 saturated carbocycles. The van der Waals surface area contributed by atoms with Gasteiger partial charge in [-0.1, -0.05) is 36.4 Å². The van der Waals surface area contributed by atoms with Crippen molar-refractivity contribution >= 4 is 38.7 Å². The third-order valence-corrected chi connectivity index (χ3v) is 9.76. The van der Waals surface area contributed by atoms with E-state index in [1.54, 1.807) is 42.5 Å². The largest absolute Gasteiger partial charge is 0.434 e. The molecule has 1 aromatic heterocycles. The van der Waals surface area contributed by atoms with Gasteiger partial charge in [0.15, 0.2) is 5.58 Å². The third kappa shape index (κ3) is 9.81. The zero-order chi connectivity index (χ0) is 35.0. The fraction of sp³-hybridized carbons (Fsp3) is 0.486. The summed E-state index contributed by atoms with van der Waals surface area (Å²) in [6.07, 6.45) is 5.07. The second kappa shape index (κ2) is 16.6. The van der Waals surface area contributed by atoms with E-state index < -0.39 is 51.9 Å². The third-order valence-electron chi connectivity index (χ3n) is 9.05. The molecule has 0 radical (unpaired) electrons. The molecule has 0 spiro atoms. The molecule has 0 bridgehead atoms. The Kier molecular flexibility index (Phi) is 12.3. The van der Waals surface area contributed by atoms with Crippen molar-refractivity contribution < 1.29 is 36.3 Å². The molecule has 12 nitrogen and oxygen atoms in total. The van der Waals surface area contributed by atoms with Crippen LogP contribution in [0.15, 0.2) is 65.6 Å². The maximum Gasteiger partial charge on any atom is 0.266 e. The van der Waals surface area contributed by atoms with Gasteiger partial charge in [-0.05, 0) is 81.3 Å². The van der Waals surface area contributed by atoms with Crippen LogP contribution in [-0.2, 0) is 30.8 Å². The van der Waals surface area contributed by atoms with E-state index in [0.717, 1.165) is 32.2 Å². The van der Waals surface area contributed by atoms with Crippen LogP contribution in [-0.4, -0.2) is 92.6 Å². The van der Waals surface area contributed by atoms with Crippen molar-refractivity contribution in [2.75, 3.05) is 32.5 Å². The summed E-state index contributed by atoms with van der Waals surface area (Å²) in [5, 5.41) is 6.07. The Labute approximate surface area is 285 Å². The summed E-state index contributed by atoms with van der Waals surface area (Å²) >= 11 is 0. The highest BCUT2D eigenvalue weighted by atomic mass is 32.2. The number of ether oxygens (including phenoxy) is 1. The van der Waals surface area contributed by atoms with Gasteiger partial charge in [0.05, 0.1) is 19.0 Å². The molecule has 2 amide bonds. The molecule has 3 aromatic rings. The molecule has 3 heterocycles. The van der Waals surface area contributed by atoms with Gasteiger partial charge >= 0.3 is 0 Å². The van der Waals surface area contributed by atoms with Crippen LogP contribution in [0.1, 0.15) is 54.8 Å². The lowest BCUT2D eigenvalue weighted by molar-refractivity contribution is -0.140. The summed E-state index contributed by atoms with van der Waals surface area (Å²) in [4.78, 5) is 47.2. The van der Waals surface area contributed by atoms with E-state index in [9.17, 15) is 27.2 Å². The molecular formula is C35H44FN5O7S. The van der Waals surface area contributed by atoms with Gasteiger partial charge in [-0.25, -0.2) is 22.5 Å². The monoisotopic (exact) mass is 697 g/mol. The lowest BCUT2D eigenvalue weighted by atomic mass is 9.91. The number of hydrogen-bond donors (Lipinski definition) is 3. The second-order valence-corrected chi connectivity index (χ2v) is 14.5. The van der Waals surface area contributed by atoms with E-state index in [-0.39, 0.29) is 50.5 Å². The highest BCUT2D eigenvalue weighted by Crippen LogP contribution is 2.26. The zero-order valence-electron chi connectivity index (χ0n) is 27.6. The molecule has 3 N–H and O–H groups in total. The summed E-state index contributed by atoms with van der Waals surface area (Å²) in [5.41, 5.74) is 1.39. The van der Waals surface area contributed by atoms with E-state index in [0.29, 0.717) is 29.0 Å². The normalized spacial score (nSPS) is 19.8. The number of ketones is 1. The number of piperidine rings is 1. The Hall–Kier alpha value is -3.98. The maximum absolute atomic E-state index is 14.2. The van der Waals surface area contributed by atoms with Crippen LogP contribution in [0.25, 0.3) is 11.1 Å². The Morgan fingerprint density at radius 1 is 1.14 bits per heavy atom. The topological polar surface area (TPSA) is 160 Å². The number of rotatable bonds is 16. The molecule has 49 heavy (non-hydrogen) atoms. The van der Waals surface area contributed by atoms with Crippen LogP contribution in [0, 0.1) is 11.7 Å². The minimum atomic E-state index is -3.78. The summed E-state index contributed by atoms with van der Waals surface area (Å²) in [6.45, 7) is 5.59. The van der Waals surface area contributed by atoms with Gasteiger partial charge < -0.3 is 24.7 Å². The minimum Gasteiger partial charge on any atom is -0.434 e. The number of carbonyl (C=O) groups is 3. The number of nitrogens with one attached hydrogen (secondary N) is 3. The SMILES string of the molecule is C=CC[C@H](NC(=O)[C@@H]1C[C@@H](OCCc2ccccc2F)CN1C(=O)[C@@H](CCC1CCNCC1)NS(C)(=O)=O)C(=O)c1nc2ccccc2o1. The summed E-state index contributed by atoms with van der Waals surface area (Å²) < 4.78 is 53.2. The van der Waals surface area contributed by atoms with Crippen molar-refractivity contribution in [3.63, 3.8) is 0 Å². The quantitative estimate of drug-likeness (QED) is 0.151. The average Bonchev–Trinajstić information content (AvgIpc) is 3.72. The second-order valence-electron chi connectivity index (χ2n) is 12.7. The number of nitrogens with zero attached hydrogens (tertiary/aromatic N) is 2. The van der Waals surface area contributed by atoms with Crippen LogP contribution < -0.4 is 15.4 Å². The highest BCUT2D eigenvalue weighted by molar-refractivity contribution is 7.88. The molecule has 0 unspecified atom stereocenters. The van der Waals surface area contributed by atoms with Gasteiger partial charge in [-0.15, -0.1) is 6.58 Å². The number of carbonyl (C=O) groups excluding carboxylic acids is 3. The number of fused-ring (bicyclic) bond motifs is 1. The number of aromatic nitrogens is 1. The van der Waals surface area contributed by atoms with Gasteiger partial charge in [0.2, 0.25) is 27.6 Å². The summed E-state index contributed by atoms with van der Waals surface area (Å²) in [6, 6.07) is 10.0. The predicted octanol–water partition coefficient (Wildman–Crippen LogP) is 3.14. The highest BCUT2D eigenvalue weighted by Gasteiger charge is 2.43. The number of oxazole rings is 1. The van der Waals surface area contributed by atoms with E-state index in [1.807, 2.05) is 0 Å². The van der Waals surface area contributed by atoms with Crippen molar-refractivity contribution in [3.8, 4) is 0 Å². The predicted molar refractivity (Wildman–Crippen MR) is 182 cm³/mol. The minimum absolute atomic E-state index is 0.00861. The van der Waals surface area contributed by atoms with Gasteiger partial charge in [-0.2, -0.15) is 0 Å². The zero-order valence-corrected chi connectivity index (χ0v) is 28.4. The van der Waals surface area contributed by atoms with Gasteiger partial charge in [-0.3, -0.25) is 14.4 Å². The average molecular weight is 698 g/mol. The van der Waals surface area contributed by atoms with Crippen LogP contribution in [0.4, 0.5) is 4.39 Å². The molecule has 2 aromatic carbocycles. The van der Waals surface area contributed by atoms with Gasteiger partial charge in [0, 0.05) is 13.0 Å². The standard InChI is InChI=1S/C35H44FN5O7S/c1-3-8-28(32(42)34-39-27-11-6-7-12-31(27)48-34)38-33(43)30-21-25(47-20-17-24-9-4-5-10-26(24)36)22-41(30)35(44)29(40-49(2,45)46)14-13-23-15-18-37-19-16-23/h3-7,9-12,23,25,28-30,37,40H,1,8,13-22H2,2H3,(H,38,43)/t25-,28+,29-,30+/m1/s1. The van der Waals surface area contributed by atoms with Crippen LogP contribution >= 0.6 is 0 Å². The number of amides is 2. The van der Waals surface area contributed by atoms with Crippen LogP contribution in [0.2, 0.25) is 0 Å². The first-order valence-electron chi connectivity index (χ1n) is 16.7. The molecule has 5 rings (SSSR count). The van der Waals surface area contributed by atoms with Crippen molar-refractivity contribution in [2.24, 2.45) is 5.92 Å². The fourth-order valence-corrected chi connectivity index (χ4v) is 7.24. The first kappa shape index (κ1) is 36.3. The van der Waals surface area contributed by atoms with Gasteiger partial charge in [0.25, 0.3) is 5.89 Å². The molecule has 2 fully saturated rings. The van der Waals surface area contributed by atoms with Gasteiger partial charge in [0.1, 0.15) is 29.5 Å². The molecule has 4 atom stereocenters. The number of likely N-dealkylation sites (tertiary alicyclic amines) is 1.